The van der Waals surface area contributed by atoms with Crippen molar-refractivity contribution in [1.82, 2.24) is 20.0 Å². The fourth-order valence-corrected chi connectivity index (χ4v) is 3.86. The van der Waals surface area contributed by atoms with E-state index in [9.17, 15) is 4.79 Å². The number of likely N-dealkylation sites (tertiary alicyclic amines) is 1. The number of aromatic nitrogens is 2. The van der Waals surface area contributed by atoms with Gasteiger partial charge >= 0.3 is 0 Å². The monoisotopic (exact) mass is 346 g/mol. The largest absolute Gasteiger partial charge is 0.370 e. The highest BCUT2D eigenvalue weighted by molar-refractivity contribution is 5.92. The zero-order chi connectivity index (χ0) is 17.9. The number of hydrogen-bond acceptors (Lipinski definition) is 4. The Kier molecular flexibility index (Phi) is 5.59. The van der Waals surface area contributed by atoms with Crippen LogP contribution in [0.1, 0.15) is 50.0 Å². The van der Waals surface area contributed by atoms with Crippen molar-refractivity contribution in [1.29, 1.82) is 0 Å². The minimum atomic E-state index is -0.0822. The second-order valence-electron chi connectivity index (χ2n) is 7.42. The SMILES string of the molecule is C/C=C(\C)CN1CCC2(CCC(CNC(=O)c3ccnn3C)O2)CC1. The molecular formula is C19H30N4O2. The molecule has 1 atom stereocenters. The van der Waals surface area contributed by atoms with Gasteiger partial charge in [0.05, 0.1) is 11.7 Å². The quantitative estimate of drug-likeness (QED) is 0.830. The van der Waals surface area contributed by atoms with Crippen molar-refractivity contribution in [3.05, 3.63) is 29.6 Å². The lowest BCUT2D eigenvalue weighted by Gasteiger charge is -2.39. The molecule has 0 aliphatic carbocycles. The van der Waals surface area contributed by atoms with Crippen LogP contribution in [0.4, 0.5) is 0 Å². The Labute approximate surface area is 150 Å². The van der Waals surface area contributed by atoms with E-state index in [0.717, 1.165) is 45.3 Å². The van der Waals surface area contributed by atoms with Crippen LogP contribution in [-0.2, 0) is 11.8 Å². The van der Waals surface area contributed by atoms with Crippen molar-refractivity contribution >= 4 is 5.91 Å². The van der Waals surface area contributed by atoms with E-state index in [0.29, 0.717) is 12.2 Å². The van der Waals surface area contributed by atoms with Crippen LogP contribution in [0.2, 0.25) is 0 Å². The number of piperidine rings is 1. The van der Waals surface area contributed by atoms with E-state index in [-0.39, 0.29) is 17.6 Å². The van der Waals surface area contributed by atoms with Crippen LogP contribution in [-0.4, -0.2) is 58.5 Å². The highest BCUT2D eigenvalue weighted by Gasteiger charge is 2.42. The molecule has 1 amide bonds. The molecule has 3 rings (SSSR count). The van der Waals surface area contributed by atoms with E-state index < -0.39 is 0 Å². The highest BCUT2D eigenvalue weighted by atomic mass is 16.5. The van der Waals surface area contributed by atoms with E-state index in [1.807, 2.05) is 0 Å². The second kappa shape index (κ2) is 7.70. The topological polar surface area (TPSA) is 59.4 Å². The van der Waals surface area contributed by atoms with Gasteiger partial charge in [-0.3, -0.25) is 14.4 Å². The minimum absolute atomic E-state index is 0.0300. The van der Waals surface area contributed by atoms with E-state index in [2.05, 4.69) is 35.2 Å². The van der Waals surface area contributed by atoms with Gasteiger partial charge in [-0.05, 0) is 45.6 Å². The fraction of sp³-hybridized carbons (Fsp3) is 0.684. The van der Waals surface area contributed by atoms with Crippen molar-refractivity contribution in [2.75, 3.05) is 26.2 Å². The number of carbonyl (C=O) groups is 1. The maximum absolute atomic E-state index is 12.2. The van der Waals surface area contributed by atoms with Gasteiger partial charge < -0.3 is 10.1 Å². The van der Waals surface area contributed by atoms with Gasteiger partial charge in [0, 0.05) is 39.4 Å². The lowest BCUT2D eigenvalue weighted by atomic mass is 9.88. The molecule has 0 saturated carbocycles. The summed E-state index contributed by atoms with van der Waals surface area (Å²) in [5.41, 5.74) is 2.04. The first-order valence-electron chi connectivity index (χ1n) is 9.29. The Morgan fingerprint density at radius 3 is 2.84 bits per heavy atom. The van der Waals surface area contributed by atoms with E-state index >= 15 is 0 Å². The van der Waals surface area contributed by atoms with Gasteiger partial charge in [-0.2, -0.15) is 5.10 Å². The number of nitrogens with zero attached hydrogens (tertiary/aromatic N) is 3. The molecule has 2 saturated heterocycles. The summed E-state index contributed by atoms with van der Waals surface area (Å²) in [4.78, 5) is 14.7. The molecule has 138 valence electrons. The van der Waals surface area contributed by atoms with Gasteiger partial charge in [0.1, 0.15) is 5.69 Å². The maximum atomic E-state index is 12.2. The van der Waals surface area contributed by atoms with Gasteiger partial charge in [-0.15, -0.1) is 0 Å². The average Bonchev–Trinajstić information content (AvgIpc) is 3.21. The van der Waals surface area contributed by atoms with E-state index in [4.69, 9.17) is 4.74 Å². The molecule has 0 radical (unpaired) electrons. The third-order valence-corrected chi connectivity index (χ3v) is 5.62. The number of hydrogen-bond donors (Lipinski definition) is 1. The van der Waals surface area contributed by atoms with Crippen LogP contribution in [0.15, 0.2) is 23.9 Å². The lowest BCUT2D eigenvalue weighted by molar-refractivity contribution is -0.0743. The lowest BCUT2D eigenvalue weighted by Crippen LogP contribution is -2.45. The Hall–Kier alpha value is -1.66. The van der Waals surface area contributed by atoms with Crippen LogP contribution >= 0.6 is 0 Å². The van der Waals surface area contributed by atoms with Crippen LogP contribution in [0.3, 0.4) is 0 Å². The summed E-state index contributed by atoms with van der Waals surface area (Å²) in [6, 6.07) is 1.73. The summed E-state index contributed by atoms with van der Waals surface area (Å²) in [5, 5.41) is 7.02. The zero-order valence-corrected chi connectivity index (χ0v) is 15.6. The first-order chi connectivity index (χ1) is 12.0. The predicted molar refractivity (Wildman–Crippen MR) is 97.5 cm³/mol. The van der Waals surface area contributed by atoms with Crippen molar-refractivity contribution in [2.24, 2.45) is 7.05 Å². The smallest absolute Gasteiger partial charge is 0.269 e. The molecule has 6 nitrogen and oxygen atoms in total. The summed E-state index contributed by atoms with van der Waals surface area (Å²) >= 11 is 0. The molecule has 0 aromatic carbocycles. The third-order valence-electron chi connectivity index (χ3n) is 5.62. The van der Waals surface area contributed by atoms with Gasteiger partial charge in [-0.25, -0.2) is 0 Å². The van der Waals surface area contributed by atoms with Gasteiger partial charge in [0.25, 0.3) is 5.91 Å². The Balaban J connectivity index is 1.45. The van der Waals surface area contributed by atoms with Crippen LogP contribution < -0.4 is 5.32 Å². The van der Waals surface area contributed by atoms with Crippen molar-refractivity contribution in [3.63, 3.8) is 0 Å². The first kappa shape index (κ1) is 18.1. The molecule has 1 unspecified atom stereocenters. The number of rotatable bonds is 5. The standard InChI is InChI=1S/C19H30N4O2/c1-4-15(2)14-23-11-8-19(9-12-23)7-5-16(25-19)13-20-18(24)17-6-10-21-22(17)3/h4,6,10,16H,5,7-9,11-14H2,1-3H3,(H,20,24)/b15-4+. The third kappa shape index (κ3) is 4.30. The molecule has 1 N–H and O–H groups in total. The van der Waals surface area contributed by atoms with E-state index in [1.165, 1.54) is 5.57 Å². The molecule has 1 spiro atoms. The summed E-state index contributed by atoms with van der Waals surface area (Å²) in [6.07, 6.45) is 8.28. The number of allylic oxidation sites excluding steroid dienone is 1. The van der Waals surface area contributed by atoms with Crippen molar-refractivity contribution < 1.29 is 9.53 Å². The number of ether oxygens (including phenoxy) is 1. The molecule has 0 bridgehead atoms. The molecular weight excluding hydrogens is 316 g/mol. The summed E-state index contributed by atoms with van der Waals surface area (Å²) in [7, 11) is 1.78. The normalized spacial score (nSPS) is 24.0. The molecule has 2 aliphatic heterocycles. The highest BCUT2D eigenvalue weighted by Crippen LogP contribution is 2.38. The second-order valence-corrected chi connectivity index (χ2v) is 7.42. The number of amides is 1. The molecule has 2 aliphatic rings. The number of nitrogens with one attached hydrogen (secondary N) is 1. The van der Waals surface area contributed by atoms with Crippen molar-refractivity contribution in [2.45, 2.75) is 51.2 Å². The van der Waals surface area contributed by atoms with Crippen LogP contribution in [0, 0.1) is 0 Å². The zero-order valence-electron chi connectivity index (χ0n) is 15.6. The van der Waals surface area contributed by atoms with Gasteiger partial charge in [0.15, 0.2) is 0 Å². The molecule has 25 heavy (non-hydrogen) atoms. The van der Waals surface area contributed by atoms with E-state index in [1.54, 1.807) is 24.0 Å². The molecule has 1 aromatic rings. The number of aryl methyl sites for hydroxylation is 1. The molecule has 6 heteroatoms. The average molecular weight is 346 g/mol. The Bertz CT molecular complexity index is 629. The van der Waals surface area contributed by atoms with Gasteiger partial charge in [-0.1, -0.05) is 11.6 Å². The molecule has 1 aromatic heterocycles. The first-order valence-corrected chi connectivity index (χ1v) is 9.29. The minimum Gasteiger partial charge on any atom is -0.370 e. The predicted octanol–water partition coefficient (Wildman–Crippen LogP) is 2.13. The van der Waals surface area contributed by atoms with Gasteiger partial charge in [0.2, 0.25) is 0 Å². The maximum Gasteiger partial charge on any atom is 0.269 e. The number of carbonyl (C=O) groups excluding carboxylic acids is 1. The fourth-order valence-electron chi connectivity index (χ4n) is 3.86. The Morgan fingerprint density at radius 2 is 2.20 bits per heavy atom. The molecule has 3 heterocycles. The summed E-state index contributed by atoms with van der Waals surface area (Å²) < 4.78 is 7.98. The summed E-state index contributed by atoms with van der Waals surface area (Å²) in [6.45, 7) is 8.13. The Morgan fingerprint density at radius 1 is 1.44 bits per heavy atom. The molecule has 2 fully saturated rings. The van der Waals surface area contributed by atoms with Crippen LogP contribution in [0.25, 0.3) is 0 Å². The summed E-state index contributed by atoms with van der Waals surface area (Å²) in [5.74, 6) is -0.0822. The van der Waals surface area contributed by atoms with Crippen LogP contribution in [0.5, 0.6) is 0 Å². The van der Waals surface area contributed by atoms with Crippen molar-refractivity contribution in [3.8, 4) is 0 Å².